The molecule has 0 aromatic carbocycles. The Morgan fingerprint density at radius 2 is 1.95 bits per heavy atom. The number of aryl methyl sites for hydroxylation is 2. The van der Waals surface area contributed by atoms with Gasteiger partial charge in [-0.3, -0.25) is 24.2 Å². The highest BCUT2D eigenvalue weighted by molar-refractivity contribution is 6.16. The third-order valence-electron chi connectivity index (χ3n) is 8.56. The highest BCUT2D eigenvalue weighted by atomic mass is 16.3. The molecule has 1 aliphatic carbocycles. The average Bonchev–Trinajstić information content (AvgIpc) is 3.56. The number of nitrogens with one attached hydrogen (secondary N) is 2. The number of amides is 1. The lowest BCUT2D eigenvalue weighted by atomic mass is 9.94. The highest BCUT2D eigenvalue weighted by Gasteiger charge is 2.34. The number of rotatable bonds is 4. The normalized spacial score (nSPS) is 18.8. The molecule has 0 unspecified atom stereocenters. The first-order valence-corrected chi connectivity index (χ1v) is 14.2. The van der Waals surface area contributed by atoms with Gasteiger partial charge in [0.25, 0.3) is 11.5 Å². The van der Waals surface area contributed by atoms with Crippen LogP contribution in [0.3, 0.4) is 0 Å². The van der Waals surface area contributed by atoms with E-state index in [2.05, 4.69) is 26.4 Å². The average molecular weight is 543 g/mol. The van der Waals surface area contributed by atoms with Crippen molar-refractivity contribution in [2.45, 2.75) is 51.7 Å². The molecule has 4 aliphatic rings. The monoisotopic (exact) mass is 542 g/mol. The van der Waals surface area contributed by atoms with Crippen LogP contribution >= 0.6 is 0 Å². The maximum Gasteiger partial charge on any atom is 0.276 e. The summed E-state index contributed by atoms with van der Waals surface area (Å²) in [7, 11) is 1.72. The zero-order valence-corrected chi connectivity index (χ0v) is 22.7. The molecule has 0 spiro atoms. The van der Waals surface area contributed by atoms with E-state index in [9.17, 15) is 14.7 Å². The largest absolute Gasteiger partial charge is 0.392 e. The first-order valence-electron chi connectivity index (χ1n) is 14.2. The summed E-state index contributed by atoms with van der Waals surface area (Å²) in [6, 6.07) is 5.84. The molecule has 0 fully saturated rings. The summed E-state index contributed by atoms with van der Waals surface area (Å²) < 4.78 is 5.69. The Morgan fingerprint density at radius 1 is 1.07 bits per heavy atom. The Bertz CT molecular complexity index is 1620. The number of nitrogens with zero attached hydrogens (tertiary/aromatic N) is 6. The lowest BCUT2D eigenvalue weighted by Gasteiger charge is -2.33. The Hall–Kier alpha value is -3.96. The molecule has 40 heavy (non-hydrogen) atoms. The number of fused-ring (bicyclic) bond motifs is 4. The third-order valence-corrected chi connectivity index (χ3v) is 8.56. The molecule has 208 valence electrons. The minimum atomic E-state index is -0.248. The SMILES string of the molecule is Cn1cc(C2=C(CO)C(N3CCn4c(cc5c4CCCC5)C3=O)=NCC2)cc(Nc2cc3n(n2)CCNC3)c1=O. The van der Waals surface area contributed by atoms with Crippen molar-refractivity contribution < 1.29 is 9.90 Å². The second-order valence-electron chi connectivity index (χ2n) is 11.0. The number of aliphatic imine (C=N–C) groups is 1. The van der Waals surface area contributed by atoms with E-state index in [0.717, 1.165) is 61.5 Å². The Morgan fingerprint density at radius 3 is 2.80 bits per heavy atom. The van der Waals surface area contributed by atoms with Gasteiger partial charge in [-0.1, -0.05) is 0 Å². The Kier molecular flexibility index (Phi) is 6.20. The summed E-state index contributed by atoms with van der Waals surface area (Å²) >= 11 is 0. The smallest absolute Gasteiger partial charge is 0.276 e. The molecule has 3 aliphatic heterocycles. The van der Waals surface area contributed by atoms with Crippen LogP contribution in [-0.4, -0.2) is 66.9 Å². The van der Waals surface area contributed by atoms with Crippen molar-refractivity contribution >= 4 is 28.8 Å². The molecule has 7 rings (SSSR count). The maximum atomic E-state index is 13.7. The van der Waals surface area contributed by atoms with Crippen molar-refractivity contribution in [2.75, 3.05) is 31.6 Å². The number of amidine groups is 1. The first-order chi connectivity index (χ1) is 19.5. The number of hydrogen-bond donors (Lipinski definition) is 3. The predicted molar refractivity (Wildman–Crippen MR) is 152 cm³/mol. The zero-order chi connectivity index (χ0) is 27.4. The van der Waals surface area contributed by atoms with Crippen molar-refractivity contribution in [3.8, 4) is 0 Å². The molecule has 6 heterocycles. The van der Waals surface area contributed by atoms with E-state index in [-0.39, 0.29) is 18.1 Å². The molecule has 0 saturated heterocycles. The topological polar surface area (TPSA) is 122 Å². The summed E-state index contributed by atoms with van der Waals surface area (Å²) in [6.07, 6.45) is 6.78. The predicted octanol–water partition coefficient (Wildman–Crippen LogP) is 1.81. The van der Waals surface area contributed by atoms with Gasteiger partial charge >= 0.3 is 0 Å². The Balaban J connectivity index is 1.22. The number of pyridine rings is 1. The number of hydrogen-bond acceptors (Lipinski definition) is 7. The number of carbonyl (C=O) groups excluding carboxylic acids is 1. The van der Waals surface area contributed by atoms with Gasteiger partial charge in [-0.05, 0) is 60.9 Å². The molecule has 1 amide bonds. The van der Waals surface area contributed by atoms with E-state index in [1.165, 1.54) is 24.1 Å². The zero-order valence-electron chi connectivity index (χ0n) is 22.7. The van der Waals surface area contributed by atoms with Crippen LogP contribution in [0, 0.1) is 0 Å². The maximum absolute atomic E-state index is 13.7. The number of aliphatic hydroxyl groups is 1. The second kappa shape index (κ2) is 9.90. The standard InChI is InChI=1S/C29H34N8O3/c1-34-16-19(12-23(28(34)39)32-26-14-20-15-30-8-9-37(20)33-26)21-6-7-31-27(22(21)17-38)36-11-10-35-24-5-3-2-4-18(24)13-25(35)29(36)40/h12-14,16,30,38H,2-11,15,17H2,1H3,(H,32,33). The lowest BCUT2D eigenvalue weighted by molar-refractivity contribution is 0.0805. The van der Waals surface area contributed by atoms with Crippen molar-refractivity contribution in [1.82, 2.24) is 29.1 Å². The number of aliphatic hydroxyl groups excluding tert-OH is 1. The molecule has 0 bridgehead atoms. The number of carbonyl (C=O) groups is 1. The van der Waals surface area contributed by atoms with Crippen molar-refractivity contribution in [2.24, 2.45) is 12.0 Å². The first kappa shape index (κ1) is 25.0. The summed E-state index contributed by atoms with van der Waals surface area (Å²) in [5, 5.41) is 21.7. The minimum Gasteiger partial charge on any atom is -0.392 e. The molecule has 3 N–H and O–H groups in total. The van der Waals surface area contributed by atoms with E-state index in [1.807, 2.05) is 16.8 Å². The van der Waals surface area contributed by atoms with Gasteiger partial charge in [0, 0.05) is 63.3 Å². The van der Waals surface area contributed by atoms with Crippen LogP contribution in [0.25, 0.3) is 5.57 Å². The molecule has 11 nitrogen and oxygen atoms in total. The minimum absolute atomic E-state index is 0.0624. The van der Waals surface area contributed by atoms with Crippen LogP contribution < -0.4 is 16.2 Å². The van der Waals surface area contributed by atoms with E-state index in [4.69, 9.17) is 4.99 Å². The summed E-state index contributed by atoms with van der Waals surface area (Å²) in [6.45, 7) is 3.88. The van der Waals surface area contributed by atoms with E-state index < -0.39 is 0 Å². The van der Waals surface area contributed by atoms with Gasteiger partial charge in [0.15, 0.2) is 5.82 Å². The van der Waals surface area contributed by atoms with Gasteiger partial charge in [0.1, 0.15) is 17.2 Å². The summed E-state index contributed by atoms with van der Waals surface area (Å²) in [5.74, 6) is 1.10. The number of aromatic nitrogens is 4. The number of anilines is 2. The second-order valence-corrected chi connectivity index (χ2v) is 11.0. The molecule has 3 aromatic rings. The molecule has 11 heteroatoms. The van der Waals surface area contributed by atoms with E-state index in [0.29, 0.717) is 42.4 Å². The number of dihydropyridines is 1. The summed E-state index contributed by atoms with van der Waals surface area (Å²) in [4.78, 5) is 33.3. The lowest BCUT2D eigenvalue weighted by Crippen LogP contribution is -2.46. The van der Waals surface area contributed by atoms with Crippen LogP contribution in [0.1, 0.15) is 52.3 Å². The van der Waals surface area contributed by atoms with Crippen LogP contribution in [0.5, 0.6) is 0 Å². The van der Waals surface area contributed by atoms with Crippen LogP contribution in [0.15, 0.2) is 39.8 Å². The fourth-order valence-corrected chi connectivity index (χ4v) is 6.59. The molecule has 0 radical (unpaired) electrons. The van der Waals surface area contributed by atoms with Crippen LogP contribution in [-0.2, 0) is 39.5 Å². The highest BCUT2D eigenvalue weighted by Crippen LogP contribution is 2.32. The molecular formula is C29H34N8O3. The Labute approximate surface area is 231 Å². The molecule has 0 atom stereocenters. The van der Waals surface area contributed by atoms with Crippen molar-refractivity contribution in [1.29, 1.82) is 0 Å². The van der Waals surface area contributed by atoms with Gasteiger partial charge in [-0.2, -0.15) is 5.10 Å². The van der Waals surface area contributed by atoms with Gasteiger partial charge < -0.3 is 24.9 Å². The van der Waals surface area contributed by atoms with E-state index in [1.54, 1.807) is 22.7 Å². The van der Waals surface area contributed by atoms with Crippen LogP contribution in [0.4, 0.5) is 11.5 Å². The fraction of sp³-hybridized carbons (Fsp3) is 0.448. The fourth-order valence-electron chi connectivity index (χ4n) is 6.59. The third kappa shape index (κ3) is 4.11. The molecular weight excluding hydrogens is 508 g/mol. The van der Waals surface area contributed by atoms with Gasteiger partial charge in [-0.15, -0.1) is 0 Å². The van der Waals surface area contributed by atoms with E-state index >= 15 is 0 Å². The molecule has 0 saturated carbocycles. The quantitative estimate of drug-likeness (QED) is 0.463. The van der Waals surface area contributed by atoms with Crippen LogP contribution in [0.2, 0.25) is 0 Å². The van der Waals surface area contributed by atoms with Gasteiger partial charge in [-0.25, -0.2) is 0 Å². The van der Waals surface area contributed by atoms with Crippen molar-refractivity contribution in [3.05, 3.63) is 68.5 Å². The molecule has 3 aromatic heterocycles. The van der Waals surface area contributed by atoms with Gasteiger partial charge in [0.05, 0.1) is 18.8 Å². The van der Waals surface area contributed by atoms with Gasteiger partial charge in [0.2, 0.25) is 0 Å². The summed E-state index contributed by atoms with van der Waals surface area (Å²) in [5.41, 5.74) is 6.98. The van der Waals surface area contributed by atoms with Crippen molar-refractivity contribution in [3.63, 3.8) is 0 Å².